The normalized spacial score (nSPS) is 8.50. The molecule has 4 heteroatoms. The Hall–Kier alpha value is -0.587. The summed E-state index contributed by atoms with van der Waals surface area (Å²) in [5, 5.41) is 3.43. The van der Waals surface area contributed by atoms with E-state index in [0.29, 0.717) is 5.69 Å². The van der Waals surface area contributed by atoms with Gasteiger partial charge in [0.05, 0.1) is 0 Å². The van der Waals surface area contributed by atoms with Gasteiger partial charge in [0.1, 0.15) is 0 Å². The van der Waals surface area contributed by atoms with Crippen LogP contribution in [-0.4, -0.2) is 0 Å². The van der Waals surface area contributed by atoms with Crippen LogP contribution in [0.5, 0.6) is 0 Å². The number of benzene rings is 1. The van der Waals surface area contributed by atoms with Crippen molar-refractivity contribution in [3.63, 3.8) is 0 Å². The Morgan fingerprint density at radius 1 is 1.30 bits per heavy atom. The molecule has 0 aliphatic rings. The van der Waals surface area contributed by atoms with E-state index < -0.39 is 0 Å². The van der Waals surface area contributed by atoms with Crippen molar-refractivity contribution in [1.82, 2.24) is 0 Å². The standard InChI is InChI=1S/C6H4AtN3/c7-5-1-3-6(4-2-5)9-10-8/h1-4H/i7+1. The van der Waals surface area contributed by atoms with Gasteiger partial charge in [-0.25, -0.2) is 0 Å². The Bertz CT molecular complexity index is 261. The minimum atomic E-state index is 0.669. The molecule has 0 heterocycles. The van der Waals surface area contributed by atoms with Crippen molar-refractivity contribution in [2.75, 3.05) is 0 Å². The van der Waals surface area contributed by atoms with E-state index in [9.17, 15) is 0 Å². The molecule has 50 valence electrons. The molecule has 0 fully saturated rings. The van der Waals surface area contributed by atoms with Crippen LogP contribution in [0.1, 0.15) is 0 Å². The maximum atomic E-state index is 8.05. The summed E-state index contributed by atoms with van der Waals surface area (Å²) in [6, 6.07) is 7.46. The summed E-state index contributed by atoms with van der Waals surface area (Å²) in [7, 11) is 0. The van der Waals surface area contributed by atoms with Crippen molar-refractivity contribution < 1.29 is 24.7 Å². The molecule has 0 saturated carbocycles. The van der Waals surface area contributed by atoms with E-state index >= 15 is 0 Å². The fraction of sp³-hybridized carbons (Fsp3) is 0. The van der Waals surface area contributed by atoms with Crippen molar-refractivity contribution >= 4 is 8.96 Å². The first-order chi connectivity index (χ1) is 4.83. The van der Waals surface area contributed by atoms with E-state index in [2.05, 4.69) is 10.0 Å². The summed E-state index contributed by atoms with van der Waals surface area (Å²) in [6.45, 7) is 0. The van der Waals surface area contributed by atoms with E-state index in [-0.39, 0.29) is 0 Å². The third-order valence-electron chi connectivity index (χ3n) is 0.987. The van der Waals surface area contributed by atoms with Crippen molar-refractivity contribution in [3.8, 4) is 0 Å². The van der Waals surface area contributed by atoms with E-state index in [0.717, 1.165) is 0 Å². The summed E-state index contributed by atoms with van der Waals surface area (Å²) in [6.07, 6.45) is 0. The summed E-state index contributed by atoms with van der Waals surface area (Å²) in [4.78, 5) is 2.67. The van der Waals surface area contributed by atoms with Crippen LogP contribution in [0.15, 0.2) is 29.4 Å². The van der Waals surface area contributed by atoms with Crippen LogP contribution in [0.4, 0.5) is 5.69 Å². The van der Waals surface area contributed by atoms with Crippen molar-refractivity contribution in [2.24, 2.45) is 5.11 Å². The Kier molecular flexibility index (Phi) is 2.67. The number of azide groups is 1. The molecule has 0 atom stereocenters. The van der Waals surface area contributed by atoms with Crippen LogP contribution < -0.4 is 3.27 Å². The molecule has 0 aliphatic carbocycles. The first kappa shape index (κ1) is 7.52. The topological polar surface area (TPSA) is 48.8 Å². The molecule has 1 aromatic carbocycles. The Morgan fingerprint density at radius 2 is 1.90 bits per heavy atom. The SMILES string of the molecule is [N-]=[N+]=Nc1ccc([211At])cc1. The number of hydrogen-bond acceptors (Lipinski definition) is 1. The molecule has 0 saturated heterocycles. The molecule has 0 amide bonds. The average molecular weight is 329 g/mol. The molecule has 3 nitrogen and oxygen atoms in total. The Labute approximate surface area is 73.5 Å². The molecule has 0 aromatic heterocycles. The predicted molar refractivity (Wildman–Crippen MR) is 34.9 cm³/mol. The molecule has 1 rings (SSSR count). The molecule has 10 heavy (non-hydrogen) atoms. The van der Waals surface area contributed by atoms with Crippen LogP contribution in [0.3, 0.4) is 0 Å². The quantitative estimate of drug-likeness (QED) is 0.429. The third-order valence-corrected chi connectivity index (χ3v) is 1.97. The van der Waals surface area contributed by atoms with Gasteiger partial charge in [-0.15, -0.1) is 0 Å². The van der Waals surface area contributed by atoms with E-state index in [1.165, 1.54) is 3.27 Å². The van der Waals surface area contributed by atoms with Gasteiger partial charge >= 0.3 is 73.5 Å². The molecular formula is C6H4AtN3. The van der Waals surface area contributed by atoms with Crippen LogP contribution in [0, 0.1) is 24.7 Å². The van der Waals surface area contributed by atoms with Gasteiger partial charge in [-0.3, -0.25) is 0 Å². The second-order valence-electron chi connectivity index (χ2n) is 1.67. The van der Waals surface area contributed by atoms with Gasteiger partial charge < -0.3 is 0 Å². The van der Waals surface area contributed by atoms with Gasteiger partial charge in [0, 0.05) is 0 Å². The minimum absolute atomic E-state index is 0.669. The summed E-state index contributed by atoms with van der Waals surface area (Å²) < 4.78 is 1.22. The van der Waals surface area contributed by atoms with Gasteiger partial charge in [0.15, 0.2) is 0 Å². The van der Waals surface area contributed by atoms with Gasteiger partial charge in [-0.05, 0) is 0 Å². The second-order valence-corrected chi connectivity index (χ2v) is 3.36. The molecule has 0 radical (unpaired) electrons. The average Bonchev–Trinajstić information content (AvgIpc) is 1.95. The molecule has 0 N–H and O–H groups in total. The number of hydrogen-bond donors (Lipinski definition) is 0. The zero-order chi connectivity index (χ0) is 7.40. The van der Waals surface area contributed by atoms with Gasteiger partial charge in [-0.2, -0.15) is 0 Å². The Balaban J connectivity index is 3.00. The summed E-state index contributed by atoms with van der Waals surface area (Å²) in [5.74, 6) is 0. The van der Waals surface area contributed by atoms with Crippen molar-refractivity contribution in [1.29, 1.82) is 0 Å². The molecule has 0 spiro atoms. The van der Waals surface area contributed by atoms with Crippen molar-refractivity contribution in [2.45, 2.75) is 0 Å². The third kappa shape index (κ3) is 1.98. The number of rotatable bonds is 1. The molecule has 1 aromatic rings. The first-order valence-corrected chi connectivity index (χ1v) is 4.10. The monoisotopic (exact) mass is 329 g/mol. The summed E-state index contributed by atoms with van der Waals surface area (Å²) >= 11 is 1.61. The second kappa shape index (κ2) is 3.55. The number of nitrogens with zero attached hydrogens (tertiary/aromatic N) is 3. The van der Waals surface area contributed by atoms with Crippen LogP contribution >= 0.6 is 0 Å². The fourth-order valence-corrected chi connectivity index (χ4v) is 1.05. The molecule has 0 aliphatic heterocycles. The zero-order valence-corrected chi connectivity index (χ0v) is 7.97. The van der Waals surface area contributed by atoms with Crippen LogP contribution in [0.25, 0.3) is 10.4 Å². The molecular weight excluding hydrogens is 325 g/mol. The van der Waals surface area contributed by atoms with Gasteiger partial charge in [-0.1, -0.05) is 0 Å². The maximum absolute atomic E-state index is 8.05. The van der Waals surface area contributed by atoms with E-state index in [4.69, 9.17) is 5.53 Å². The van der Waals surface area contributed by atoms with Gasteiger partial charge in [0.25, 0.3) is 0 Å². The Morgan fingerprint density at radius 3 is 2.40 bits per heavy atom. The molecule has 0 bridgehead atoms. The molecule has 0 unspecified atom stereocenters. The first-order valence-electron chi connectivity index (χ1n) is 2.63. The zero-order valence-electron chi connectivity index (χ0n) is 5.03. The summed E-state index contributed by atoms with van der Waals surface area (Å²) in [5.41, 5.74) is 8.72. The van der Waals surface area contributed by atoms with E-state index in [1.54, 1.807) is 36.9 Å². The van der Waals surface area contributed by atoms with Crippen molar-refractivity contribution in [3.05, 3.63) is 34.7 Å². The van der Waals surface area contributed by atoms with Gasteiger partial charge in [0.2, 0.25) is 0 Å². The van der Waals surface area contributed by atoms with Crippen LogP contribution in [0.2, 0.25) is 0 Å². The van der Waals surface area contributed by atoms with Crippen LogP contribution in [-0.2, 0) is 0 Å². The fourth-order valence-electron chi connectivity index (χ4n) is 0.559. The van der Waals surface area contributed by atoms with E-state index in [1.807, 2.05) is 12.1 Å². The predicted octanol–water partition coefficient (Wildman–Crippen LogP) is 1.80.